The van der Waals surface area contributed by atoms with E-state index in [1.165, 1.54) is 0 Å². The van der Waals surface area contributed by atoms with Crippen LogP contribution in [0.2, 0.25) is 0 Å². The summed E-state index contributed by atoms with van der Waals surface area (Å²) in [7, 11) is 0. The van der Waals surface area contributed by atoms with Crippen molar-refractivity contribution in [2.75, 3.05) is 18.4 Å². The van der Waals surface area contributed by atoms with Gasteiger partial charge >= 0.3 is 0 Å². The molecular formula is C8H14BrNO2. The van der Waals surface area contributed by atoms with E-state index in [0.717, 1.165) is 0 Å². The number of aliphatic hydroxyl groups excluding tert-OH is 1. The first-order valence-electron chi connectivity index (χ1n) is 4.17. The molecule has 1 aliphatic heterocycles. The van der Waals surface area contributed by atoms with Crippen LogP contribution in [0.5, 0.6) is 0 Å². The molecule has 4 heteroatoms. The summed E-state index contributed by atoms with van der Waals surface area (Å²) in [5, 5.41) is 10.1. The summed E-state index contributed by atoms with van der Waals surface area (Å²) >= 11 is 3.22. The second-order valence-corrected chi connectivity index (χ2v) is 4.08. The number of rotatable bonds is 2. The van der Waals surface area contributed by atoms with Crippen LogP contribution in [0.25, 0.3) is 0 Å². The van der Waals surface area contributed by atoms with Crippen LogP contribution in [0.15, 0.2) is 0 Å². The normalized spacial score (nSPS) is 29.4. The summed E-state index contributed by atoms with van der Waals surface area (Å²) < 4.78 is 0. The Morgan fingerprint density at radius 1 is 1.67 bits per heavy atom. The molecule has 1 heterocycles. The molecule has 1 rings (SSSR count). The highest BCUT2D eigenvalue weighted by molar-refractivity contribution is 9.09. The van der Waals surface area contributed by atoms with Crippen LogP contribution in [-0.2, 0) is 4.79 Å². The van der Waals surface area contributed by atoms with Crippen molar-refractivity contribution in [3.8, 4) is 0 Å². The van der Waals surface area contributed by atoms with Crippen LogP contribution >= 0.6 is 15.9 Å². The molecule has 1 N–H and O–H groups in total. The van der Waals surface area contributed by atoms with Crippen molar-refractivity contribution in [1.29, 1.82) is 0 Å². The zero-order valence-electron chi connectivity index (χ0n) is 7.16. The van der Waals surface area contributed by atoms with Gasteiger partial charge in [-0.3, -0.25) is 4.79 Å². The second kappa shape index (κ2) is 4.23. The van der Waals surface area contributed by atoms with Gasteiger partial charge in [0, 0.05) is 30.8 Å². The summed E-state index contributed by atoms with van der Waals surface area (Å²) in [6.45, 7) is 3.17. The third-order valence-corrected chi connectivity index (χ3v) is 2.63. The zero-order valence-corrected chi connectivity index (χ0v) is 8.75. The number of hydrogen-bond acceptors (Lipinski definition) is 2. The van der Waals surface area contributed by atoms with E-state index in [4.69, 9.17) is 0 Å². The van der Waals surface area contributed by atoms with Gasteiger partial charge in [-0.1, -0.05) is 22.9 Å². The van der Waals surface area contributed by atoms with Gasteiger partial charge in [-0.05, 0) is 0 Å². The van der Waals surface area contributed by atoms with E-state index in [1.807, 2.05) is 6.92 Å². The van der Waals surface area contributed by atoms with Crippen molar-refractivity contribution < 1.29 is 9.90 Å². The Morgan fingerprint density at radius 2 is 2.33 bits per heavy atom. The van der Waals surface area contributed by atoms with E-state index < -0.39 is 0 Å². The lowest BCUT2D eigenvalue weighted by atomic mass is 10.1. The number of alkyl halides is 1. The number of halogens is 1. The average Bonchev–Trinajstić information content (AvgIpc) is 2.33. The van der Waals surface area contributed by atoms with Crippen LogP contribution < -0.4 is 0 Å². The highest BCUT2D eigenvalue weighted by Gasteiger charge is 2.30. The van der Waals surface area contributed by atoms with Gasteiger partial charge in [0.2, 0.25) is 5.91 Å². The van der Waals surface area contributed by atoms with Crippen LogP contribution in [0, 0.1) is 5.92 Å². The minimum atomic E-state index is -0.329. The maximum atomic E-state index is 11.3. The Morgan fingerprint density at radius 3 is 2.75 bits per heavy atom. The molecule has 2 unspecified atom stereocenters. The number of hydrogen-bond donors (Lipinski definition) is 1. The third kappa shape index (κ3) is 2.20. The van der Waals surface area contributed by atoms with Crippen molar-refractivity contribution in [1.82, 2.24) is 4.90 Å². The minimum absolute atomic E-state index is 0.135. The average molecular weight is 236 g/mol. The van der Waals surface area contributed by atoms with Gasteiger partial charge in [-0.15, -0.1) is 0 Å². The third-order valence-electron chi connectivity index (χ3n) is 2.23. The van der Waals surface area contributed by atoms with Crippen molar-refractivity contribution in [2.24, 2.45) is 5.92 Å². The molecule has 12 heavy (non-hydrogen) atoms. The number of likely N-dealkylation sites (tertiary alicyclic amines) is 1. The summed E-state index contributed by atoms with van der Waals surface area (Å²) in [6.07, 6.45) is 0.198. The maximum absolute atomic E-state index is 11.3. The molecule has 0 radical (unpaired) electrons. The van der Waals surface area contributed by atoms with Crippen molar-refractivity contribution in [3.05, 3.63) is 0 Å². The Kier molecular flexibility index (Phi) is 3.53. The predicted molar refractivity (Wildman–Crippen MR) is 50.2 cm³/mol. The summed E-state index contributed by atoms with van der Waals surface area (Å²) in [6, 6.07) is 0. The molecular weight excluding hydrogens is 222 g/mol. The molecule has 1 saturated heterocycles. The summed E-state index contributed by atoms with van der Waals surface area (Å²) in [5.41, 5.74) is 0. The van der Waals surface area contributed by atoms with E-state index in [9.17, 15) is 9.90 Å². The summed E-state index contributed by atoms with van der Waals surface area (Å²) in [4.78, 5) is 13.1. The molecule has 1 amide bonds. The Labute approximate surface area is 80.9 Å². The topological polar surface area (TPSA) is 40.5 Å². The molecule has 0 aliphatic carbocycles. The molecule has 0 bridgehead atoms. The standard InChI is InChI=1S/C8H14BrNO2/c1-6-4-10(5-7(6)11)8(12)2-3-9/h6-7,11H,2-5H2,1H3. The molecule has 70 valence electrons. The fourth-order valence-electron chi connectivity index (χ4n) is 1.39. The van der Waals surface area contributed by atoms with Crippen LogP contribution in [0.4, 0.5) is 0 Å². The van der Waals surface area contributed by atoms with Gasteiger partial charge in [-0.2, -0.15) is 0 Å². The van der Waals surface area contributed by atoms with Crippen LogP contribution in [0.1, 0.15) is 13.3 Å². The van der Waals surface area contributed by atoms with E-state index in [2.05, 4.69) is 15.9 Å². The number of carbonyl (C=O) groups is 1. The zero-order chi connectivity index (χ0) is 9.14. The number of amides is 1. The highest BCUT2D eigenvalue weighted by Crippen LogP contribution is 2.16. The fraction of sp³-hybridized carbons (Fsp3) is 0.875. The first-order valence-corrected chi connectivity index (χ1v) is 5.29. The van der Waals surface area contributed by atoms with Gasteiger partial charge < -0.3 is 10.0 Å². The van der Waals surface area contributed by atoms with E-state index >= 15 is 0 Å². The largest absolute Gasteiger partial charge is 0.391 e. The number of carbonyl (C=O) groups excluding carboxylic acids is 1. The SMILES string of the molecule is CC1CN(C(=O)CCBr)CC1O. The lowest BCUT2D eigenvalue weighted by molar-refractivity contribution is -0.130. The van der Waals surface area contributed by atoms with Crippen molar-refractivity contribution in [3.63, 3.8) is 0 Å². The van der Waals surface area contributed by atoms with Crippen LogP contribution in [0.3, 0.4) is 0 Å². The highest BCUT2D eigenvalue weighted by atomic mass is 79.9. The molecule has 0 saturated carbocycles. The Hall–Kier alpha value is -0.0900. The quantitative estimate of drug-likeness (QED) is 0.713. The number of nitrogens with zero attached hydrogens (tertiary/aromatic N) is 1. The lowest BCUT2D eigenvalue weighted by Gasteiger charge is -2.14. The molecule has 1 fully saturated rings. The molecule has 2 atom stereocenters. The van der Waals surface area contributed by atoms with Crippen molar-refractivity contribution in [2.45, 2.75) is 19.4 Å². The maximum Gasteiger partial charge on any atom is 0.223 e. The van der Waals surface area contributed by atoms with E-state index in [1.54, 1.807) is 4.90 Å². The number of aliphatic hydroxyl groups is 1. The van der Waals surface area contributed by atoms with Crippen LogP contribution in [-0.4, -0.2) is 40.4 Å². The van der Waals surface area contributed by atoms with Gasteiger partial charge in [0.15, 0.2) is 0 Å². The predicted octanol–water partition coefficient (Wildman–Crippen LogP) is 0.611. The molecule has 0 aromatic heterocycles. The second-order valence-electron chi connectivity index (χ2n) is 3.28. The minimum Gasteiger partial charge on any atom is -0.391 e. The molecule has 3 nitrogen and oxygen atoms in total. The fourth-order valence-corrected chi connectivity index (χ4v) is 1.73. The van der Waals surface area contributed by atoms with E-state index in [-0.39, 0.29) is 17.9 Å². The van der Waals surface area contributed by atoms with E-state index in [0.29, 0.717) is 24.8 Å². The molecule has 0 aromatic carbocycles. The number of β-amino-alcohol motifs (C(OH)–C–C–N with tert-alkyl or cyclic N) is 1. The lowest BCUT2D eigenvalue weighted by Crippen LogP contribution is -2.29. The van der Waals surface area contributed by atoms with Gasteiger partial charge in [0.1, 0.15) is 0 Å². The van der Waals surface area contributed by atoms with Gasteiger partial charge in [-0.25, -0.2) is 0 Å². The first kappa shape index (κ1) is 9.99. The summed E-state index contributed by atoms with van der Waals surface area (Å²) in [5.74, 6) is 0.361. The Bertz CT molecular complexity index is 164. The van der Waals surface area contributed by atoms with Gasteiger partial charge in [0.05, 0.1) is 6.10 Å². The smallest absolute Gasteiger partial charge is 0.223 e. The molecule has 1 aliphatic rings. The Balaban J connectivity index is 2.40. The molecule has 0 spiro atoms. The van der Waals surface area contributed by atoms with Gasteiger partial charge in [0.25, 0.3) is 0 Å². The monoisotopic (exact) mass is 235 g/mol. The first-order chi connectivity index (χ1) is 5.65. The van der Waals surface area contributed by atoms with Crippen molar-refractivity contribution >= 4 is 21.8 Å². The molecule has 0 aromatic rings.